The first-order valence-corrected chi connectivity index (χ1v) is 8.36. The number of piperazine rings is 1. The van der Waals surface area contributed by atoms with Crippen molar-refractivity contribution in [2.45, 2.75) is 13.5 Å². The summed E-state index contributed by atoms with van der Waals surface area (Å²) in [7, 11) is 1.89. The Hall–Kier alpha value is -2.81. The molecule has 1 saturated heterocycles. The second-order valence-electron chi connectivity index (χ2n) is 6.30. The molecule has 3 aromatic heterocycles. The van der Waals surface area contributed by atoms with Crippen LogP contribution < -0.4 is 4.90 Å². The molecule has 0 bridgehead atoms. The zero-order chi connectivity index (χ0) is 17.2. The van der Waals surface area contributed by atoms with Crippen LogP contribution in [0.25, 0.3) is 5.82 Å². The van der Waals surface area contributed by atoms with E-state index in [9.17, 15) is 0 Å². The summed E-state index contributed by atoms with van der Waals surface area (Å²) in [5.74, 6) is 1.64. The summed E-state index contributed by atoms with van der Waals surface area (Å²) in [5, 5.41) is 21.2. The summed E-state index contributed by atoms with van der Waals surface area (Å²) < 4.78 is 3.48. The highest BCUT2D eigenvalue weighted by atomic mass is 15.4. The Morgan fingerprint density at radius 2 is 1.72 bits per heavy atom. The normalized spacial score (nSPS) is 15.7. The molecular weight excluding hydrogens is 318 g/mol. The van der Waals surface area contributed by atoms with Crippen molar-refractivity contribution < 1.29 is 0 Å². The standard InChI is InChI=1S/C16H21N9/c1-13-5-6-25(20-13)16-4-3-15(18-19-16)24-9-7-23(8-10-24)12-14-11-22(2)21-17-14/h3-6,11H,7-10,12H2,1-2H3. The summed E-state index contributed by atoms with van der Waals surface area (Å²) in [6.07, 6.45) is 3.86. The average molecular weight is 339 g/mol. The monoisotopic (exact) mass is 339 g/mol. The summed E-state index contributed by atoms with van der Waals surface area (Å²) >= 11 is 0. The molecule has 0 saturated carbocycles. The van der Waals surface area contributed by atoms with Gasteiger partial charge in [-0.1, -0.05) is 5.21 Å². The molecule has 0 spiro atoms. The summed E-state index contributed by atoms with van der Waals surface area (Å²) in [6, 6.07) is 5.92. The molecule has 1 aliphatic heterocycles. The molecule has 0 radical (unpaired) electrons. The maximum absolute atomic E-state index is 4.37. The van der Waals surface area contributed by atoms with Gasteiger partial charge in [-0.05, 0) is 25.1 Å². The van der Waals surface area contributed by atoms with E-state index in [-0.39, 0.29) is 0 Å². The zero-order valence-corrected chi connectivity index (χ0v) is 14.4. The van der Waals surface area contributed by atoms with Gasteiger partial charge >= 0.3 is 0 Å². The first kappa shape index (κ1) is 15.7. The lowest BCUT2D eigenvalue weighted by Gasteiger charge is -2.34. The number of aryl methyl sites for hydroxylation is 2. The van der Waals surface area contributed by atoms with Crippen LogP contribution in [0.15, 0.2) is 30.6 Å². The van der Waals surface area contributed by atoms with Crippen molar-refractivity contribution in [3.05, 3.63) is 42.0 Å². The highest BCUT2D eigenvalue weighted by molar-refractivity contribution is 5.40. The number of hydrogen-bond donors (Lipinski definition) is 0. The van der Waals surface area contributed by atoms with E-state index < -0.39 is 0 Å². The molecule has 4 heterocycles. The van der Waals surface area contributed by atoms with Crippen LogP contribution >= 0.6 is 0 Å². The lowest BCUT2D eigenvalue weighted by atomic mass is 10.3. The van der Waals surface area contributed by atoms with Gasteiger partial charge < -0.3 is 4.90 Å². The minimum absolute atomic E-state index is 0.734. The summed E-state index contributed by atoms with van der Waals surface area (Å²) in [5.41, 5.74) is 1.97. The summed E-state index contributed by atoms with van der Waals surface area (Å²) in [4.78, 5) is 4.65. The molecular formula is C16H21N9. The second-order valence-corrected chi connectivity index (χ2v) is 6.30. The molecule has 0 N–H and O–H groups in total. The predicted molar refractivity (Wildman–Crippen MR) is 92.4 cm³/mol. The minimum Gasteiger partial charge on any atom is -0.353 e. The van der Waals surface area contributed by atoms with Crippen LogP contribution in [0.4, 0.5) is 5.82 Å². The van der Waals surface area contributed by atoms with Gasteiger partial charge in [-0.15, -0.1) is 15.3 Å². The van der Waals surface area contributed by atoms with Gasteiger partial charge in [0, 0.05) is 52.2 Å². The molecule has 9 nitrogen and oxygen atoms in total. The maximum Gasteiger partial charge on any atom is 0.175 e. The Morgan fingerprint density at radius 3 is 2.32 bits per heavy atom. The van der Waals surface area contributed by atoms with Gasteiger partial charge in [0.2, 0.25) is 0 Å². The third-order valence-electron chi connectivity index (χ3n) is 4.33. The van der Waals surface area contributed by atoms with E-state index in [4.69, 9.17) is 0 Å². The number of anilines is 1. The van der Waals surface area contributed by atoms with Crippen molar-refractivity contribution in [1.29, 1.82) is 0 Å². The molecule has 25 heavy (non-hydrogen) atoms. The van der Waals surface area contributed by atoms with Gasteiger partial charge in [-0.2, -0.15) is 5.10 Å². The van der Waals surface area contributed by atoms with Gasteiger partial charge in [0.1, 0.15) is 0 Å². The van der Waals surface area contributed by atoms with E-state index in [1.807, 2.05) is 44.6 Å². The molecule has 0 atom stereocenters. The summed E-state index contributed by atoms with van der Waals surface area (Å²) in [6.45, 7) is 6.59. The van der Waals surface area contributed by atoms with E-state index in [1.54, 1.807) is 9.36 Å². The molecule has 9 heteroatoms. The third-order valence-corrected chi connectivity index (χ3v) is 4.33. The van der Waals surface area contributed by atoms with Crippen molar-refractivity contribution in [3.63, 3.8) is 0 Å². The highest BCUT2D eigenvalue weighted by Gasteiger charge is 2.19. The van der Waals surface area contributed by atoms with Crippen molar-refractivity contribution >= 4 is 5.82 Å². The maximum atomic E-state index is 4.37. The first-order chi connectivity index (χ1) is 12.2. The van der Waals surface area contributed by atoms with Crippen molar-refractivity contribution in [3.8, 4) is 5.82 Å². The van der Waals surface area contributed by atoms with Crippen LogP contribution in [-0.2, 0) is 13.6 Å². The fourth-order valence-corrected chi connectivity index (χ4v) is 2.98. The van der Waals surface area contributed by atoms with Gasteiger partial charge in [0.05, 0.1) is 11.4 Å². The fourth-order valence-electron chi connectivity index (χ4n) is 2.98. The van der Waals surface area contributed by atoms with E-state index in [0.29, 0.717) is 0 Å². The van der Waals surface area contributed by atoms with Gasteiger partial charge in [-0.25, -0.2) is 4.68 Å². The Balaban J connectivity index is 1.36. The topological polar surface area (TPSA) is 80.8 Å². The highest BCUT2D eigenvalue weighted by Crippen LogP contribution is 2.15. The average Bonchev–Trinajstić information content (AvgIpc) is 3.24. The zero-order valence-electron chi connectivity index (χ0n) is 14.4. The van der Waals surface area contributed by atoms with Crippen molar-refractivity contribution in [2.75, 3.05) is 31.1 Å². The van der Waals surface area contributed by atoms with Gasteiger partial charge in [0.25, 0.3) is 0 Å². The third kappa shape index (κ3) is 3.50. The fraction of sp³-hybridized carbons (Fsp3) is 0.438. The minimum atomic E-state index is 0.734. The number of rotatable bonds is 4. The largest absolute Gasteiger partial charge is 0.353 e. The molecule has 1 aliphatic rings. The molecule has 130 valence electrons. The Morgan fingerprint density at radius 1 is 0.960 bits per heavy atom. The van der Waals surface area contributed by atoms with E-state index >= 15 is 0 Å². The molecule has 0 aliphatic carbocycles. The quantitative estimate of drug-likeness (QED) is 0.681. The lowest BCUT2D eigenvalue weighted by Crippen LogP contribution is -2.46. The number of aromatic nitrogens is 7. The Labute approximate surface area is 145 Å². The lowest BCUT2D eigenvalue weighted by molar-refractivity contribution is 0.246. The van der Waals surface area contributed by atoms with Gasteiger partial charge in [-0.3, -0.25) is 9.58 Å². The second kappa shape index (κ2) is 6.60. The molecule has 4 rings (SSSR count). The molecule has 0 unspecified atom stereocenters. The van der Waals surface area contributed by atoms with Crippen LogP contribution in [0.2, 0.25) is 0 Å². The van der Waals surface area contributed by atoms with Crippen LogP contribution in [-0.4, -0.2) is 66.1 Å². The van der Waals surface area contributed by atoms with Gasteiger partial charge in [0.15, 0.2) is 11.6 Å². The molecule has 1 fully saturated rings. The van der Waals surface area contributed by atoms with Crippen LogP contribution in [0.5, 0.6) is 0 Å². The first-order valence-electron chi connectivity index (χ1n) is 8.36. The van der Waals surface area contributed by atoms with E-state index in [2.05, 4.69) is 35.4 Å². The SMILES string of the molecule is Cc1ccn(-c2ccc(N3CCN(Cc4cn(C)nn4)CC3)nn2)n1. The number of nitrogens with zero attached hydrogens (tertiary/aromatic N) is 9. The van der Waals surface area contributed by atoms with Crippen LogP contribution in [0.3, 0.4) is 0 Å². The predicted octanol–water partition coefficient (Wildman–Crippen LogP) is 0.421. The van der Waals surface area contributed by atoms with Crippen LogP contribution in [0.1, 0.15) is 11.4 Å². The smallest absolute Gasteiger partial charge is 0.175 e. The van der Waals surface area contributed by atoms with E-state index in [1.165, 1.54) is 0 Å². The molecule has 0 amide bonds. The number of hydrogen-bond acceptors (Lipinski definition) is 7. The van der Waals surface area contributed by atoms with Crippen LogP contribution in [0, 0.1) is 6.92 Å². The van der Waals surface area contributed by atoms with Crippen molar-refractivity contribution in [2.24, 2.45) is 7.05 Å². The van der Waals surface area contributed by atoms with E-state index in [0.717, 1.165) is 55.7 Å². The Kier molecular flexibility index (Phi) is 4.14. The Bertz CT molecular complexity index is 827. The van der Waals surface area contributed by atoms with Crippen molar-refractivity contribution in [1.82, 2.24) is 39.9 Å². The molecule has 3 aromatic rings. The molecule has 0 aromatic carbocycles.